The standard InChI is InChI=1S/C21H21BrClN5O2/c1-4-28-20-14(10-24-28)18-12(7-11(2)8-13(18)21(30)27(20)3)9-17(29)25-15-5-6-16(23)26-19(15)22/h5-8,10,17,25,29H,4,9H2,1-3H3/t17-/m0/s1. The fourth-order valence-electron chi connectivity index (χ4n) is 3.89. The van der Waals surface area contributed by atoms with Crippen LogP contribution in [0, 0.1) is 6.92 Å². The summed E-state index contributed by atoms with van der Waals surface area (Å²) in [5.74, 6) is 0. The van der Waals surface area contributed by atoms with Crippen molar-refractivity contribution < 1.29 is 5.11 Å². The highest BCUT2D eigenvalue weighted by Gasteiger charge is 2.18. The van der Waals surface area contributed by atoms with E-state index in [9.17, 15) is 9.90 Å². The van der Waals surface area contributed by atoms with Gasteiger partial charge in [0.1, 0.15) is 21.6 Å². The Labute approximate surface area is 186 Å². The third kappa shape index (κ3) is 3.59. The number of rotatable bonds is 5. The molecule has 1 atom stereocenters. The van der Waals surface area contributed by atoms with Gasteiger partial charge in [0.15, 0.2) is 0 Å². The lowest BCUT2D eigenvalue weighted by Crippen LogP contribution is -2.23. The number of halogens is 2. The van der Waals surface area contributed by atoms with Crippen LogP contribution in [0.1, 0.15) is 18.1 Å². The Morgan fingerprint density at radius 3 is 2.77 bits per heavy atom. The van der Waals surface area contributed by atoms with Crippen LogP contribution in [0.25, 0.3) is 21.8 Å². The summed E-state index contributed by atoms with van der Waals surface area (Å²) < 4.78 is 3.97. The molecule has 2 N–H and O–H groups in total. The second kappa shape index (κ2) is 8.02. The number of anilines is 1. The number of aliphatic hydroxyl groups excluding tert-OH is 1. The van der Waals surface area contributed by atoms with Crippen LogP contribution in [-0.4, -0.2) is 30.7 Å². The lowest BCUT2D eigenvalue weighted by molar-refractivity contribution is 0.204. The van der Waals surface area contributed by atoms with E-state index in [0.29, 0.717) is 33.8 Å². The van der Waals surface area contributed by atoms with Crippen LogP contribution in [0.4, 0.5) is 5.69 Å². The minimum Gasteiger partial charge on any atom is -0.373 e. The maximum atomic E-state index is 13.1. The number of aliphatic hydroxyl groups is 1. The van der Waals surface area contributed by atoms with Crippen LogP contribution in [0.15, 0.2) is 39.9 Å². The van der Waals surface area contributed by atoms with E-state index >= 15 is 0 Å². The molecule has 0 radical (unpaired) electrons. The quantitative estimate of drug-likeness (QED) is 0.326. The molecule has 0 saturated heterocycles. The third-order valence-electron chi connectivity index (χ3n) is 5.15. The SMILES string of the molecule is CCn1ncc2c3c(C[C@H](O)Nc4ccc(Cl)nc4Br)cc(C)cc3c(=O)n(C)c21. The van der Waals surface area contributed by atoms with Crippen LogP contribution < -0.4 is 10.9 Å². The van der Waals surface area contributed by atoms with E-state index in [1.165, 1.54) is 0 Å². The van der Waals surface area contributed by atoms with E-state index in [1.54, 1.807) is 29.9 Å². The largest absolute Gasteiger partial charge is 0.373 e. The minimum absolute atomic E-state index is 0.0789. The number of benzene rings is 1. The van der Waals surface area contributed by atoms with Crippen molar-refractivity contribution in [1.29, 1.82) is 0 Å². The van der Waals surface area contributed by atoms with E-state index in [0.717, 1.165) is 27.5 Å². The first-order valence-electron chi connectivity index (χ1n) is 9.54. The maximum absolute atomic E-state index is 13.1. The molecule has 0 fully saturated rings. The van der Waals surface area contributed by atoms with Gasteiger partial charge < -0.3 is 10.4 Å². The number of aryl methyl sites for hydroxylation is 3. The molecule has 156 valence electrons. The predicted molar refractivity (Wildman–Crippen MR) is 123 cm³/mol. The van der Waals surface area contributed by atoms with Gasteiger partial charge in [-0.2, -0.15) is 5.10 Å². The number of hydrogen-bond acceptors (Lipinski definition) is 5. The fourth-order valence-corrected chi connectivity index (χ4v) is 4.57. The zero-order valence-electron chi connectivity index (χ0n) is 16.8. The normalized spacial score (nSPS) is 12.6. The van der Waals surface area contributed by atoms with Gasteiger partial charge in [0, 0.05) is 36.2 Å². The van der Waals surface area contributed by atoms with E-state index in [-0.39, 0.29) is 5.56 Å². The Balaban J connectivity index is 1.83. The number of nitrogens with one attached hydrogen (secondary N) is 1. The summed E-state index contributed by atoms with van der Waals surface area (Å²) in [7, 11) is 1.77. The summed E-state index contributed by atoms with van der Waals surface area (Å²) in [6.07, 6.45) is 1.20. The molecule has 0 aliphatic carbocycles. The molecule has 9 heteroatoms. The van der Waals surface area contributed by atoms with Crippen LogP contribution in [0.3, 0.4) is 0 Å². The predicted octanol–water partition coefficient (Wildman–Crippen LogP) is 4.00. The van der Waals surface area contributed by atoms with Gasteiger partial charge >= 0.3 is 0 Å². The molecule has 30 heavy (non-hydrogen) atoms. The van der Waals surface area contributed by atoms with E-state index in [4.69, 9.17) is 11.6 Å². The highest BCUT2D eigenvalue weighted by atomic mass is 79.9. The monoisotopic (exact) mass is 489 g/mol. The van der Waals surface area contributed by atoms with Gasteiger partial charge in [-0.15, -0.1) is 0 Å². The van der Waals surface area contributed by atoms with Crippen LogP contribution in [0.2, 0.25) is 5.15 Å². The van der Waals surface area contributed by atoms with Gasteiger partial charge in [-0.05, 0) is 53.5 Å². The van der Waals surface area contributed by atoms with Crippen molar-refractivity contribution in [2.24, 2.45) is 7.05 Å². The number of fused-ring (bicyclic) bond motifs is 3. The Bertz CT molecular complexity index is 1330. The van der Waals surface area contributed by atoms with Gasteiger partial charge in [0.2, 0.25) is 0 Å². The summed E-state index contributed by atoms with van der Waals surface area (Å²) in [6.45, 7) is 4.59. The fraction of sp³-hybridized carbons (Fsp3) is 0.286. The number of pyridine rings is 2. The first kappa shape index (κ1) is 20.8. The van der Waals surface area contributed by atoms with E-state index in [2.05, 4.69) is 31.3 Å². The summed E-state index contributed by atoms with van der Waals surface area (Å²) in [5.41, 5.74) is 3.15. The average Bonchev–Trinajstić information content (AvgIpc) is 3.12. The molecule has 0 spiro atoms. The Morgan fingerprint density at radius 2 is 2.07 bits per heavy atom. The summed E-state index contributed by atoms with van der Waals surface area (Å²) >= 11 is 9.24. The Kier molecular flexibility index (Phi) is 5.57. The van der Waals surface area contributed by atoms with Crippen molar-refractivity contribution in [2.75, 3.05) is 5.32 Å². The summed E-state index contributed by atoms with van der Waals surface area (Å²) in [4.78, 5) is 17.2. The molecular formula is C21H21BrClN5O2. The lowest BCUT2D eigenvalue weighted by atomic mass is 9.97. The van der Waals surface area contributed by atoms with E-state index < -0.39 is 6.23 Å². The van der Waals surface area contributed by atoms with Crippen LogP contribution >= 0.6 is 27.5 Å². The summed E-state index contributed by atoms with van der Waals surface area (Å²) in [5, 5.41) is 20.9. The zero-order chi connectivity index (χ0) is 21.6. The first-order valence-corrected chi connectivity index (χ1v) is 10.7. The van der Waals surface area contributed by atoms with Gasteiger partial charge in [0.05, 0.1) is 11.9 Å². The van der Waals surface area contributed by atoms with Gasteiger partial charge in [-0.1, -0.05) is 23.2 Å². The van der Waals surface area contributed by atoms with Crippen molar-refractivity contribution in [2.45, 2.75) is 33.0 Å². The zero-order valence-corrected chi connectivity index (χ0v) is 19.1. The van der Waals surface area contributed by atoms with Crippen molar-refractivity contribution in [3.05, 3.63) is 61.7 Å². The van der Waals surface area contributed by atoms with Crippen molar-refractivity contribution >= 4 is 55.0 Å². The average molecular weight is 491 g/mol. The second-order valence-corrected chi connectivity index (χ2v) is 8.38. The van der Waals surface area contributed by atoms with Crippen LogP contribution in [0.5, 0.6) is 0 Å². The van der Waals surface area contributed by atoms with Gasteiger partial charge in [0.25, 0.3) is 5.56 Å². The maximum Gasteiger partial charge on any atom is 0.259 e. The second-order valence-electron chi connectivity index (χ2n) is 7.24. The molecule has 0 amide bonds. The molecular weight excluding hydrogens is 470 g/mol. The van der Waals surface area contributed by atoms with Gasteiger partial charge in [-0.25, -0.2) is 9.67 Å². The number of aromatic nitrogens is 4. The molecule has 4 rings (SSSR count). The molecule has 7 nitrogen and oxygen atoms in total. The van der Waals surface area contributed by atoms with E-state index in [1.807, 2.05) is 30.7 Å². The van der Waals surface area contributed by atoms with Crippen molar-refractivity contribution in [3.8, 4) is 0 Å². The molecule has 0 aliphatic heterocycles. The third-order valence-corrected chi connectivity index (χ3v) is 5.96. The van der Waals surface area contributed by atoms with Crippen molar-refractivity contribution in [3.63, 3.8) is 0 Å². The number of hydrogen-bond donors (Lipinski definition) is 2. The van der Waals surface area contributed by atoms with Crippen LogP contribution in [-0.2, 0) is 20.0 Å². The van der Waals surface area contributed by atoms with Gasteiger partial charge in [-0.3, -0.25) is 9.36 Å². The molecule has 1 aromatic carbocycles. The number of nitrogens with zero attached hydrogens (tertiary/aromatic N) is 4. The molecule has 0 bridgehead atoms. The highest BCUT2D eigenvalue weighted by Crippen LogP contribution is 2.29. The molecule has 0 saturated carbocycles. The molecule has 3 heterocycles. The Hall–Kier alpha value is -2.42. The Morgan fingerprint density at radius 1 is 1.30 bits per heavy atom. The van der Waals surface area contributed by atoms with Crippen molar-refractivity contribution in [1.82, 2.24) is 19.3 Å². The molecule has 3 aromatic heterocycles. The lowest BCUT2D eigenvalue weighted by Gasteiger charge is -2.18. The topological polar surface area (TPSA) is 85.0 Å². The minimum atomic E-state index is -0.894. The highest BCUT2D eigenvalue weighted by molar-refractivity contribution is 9.10. The summed E-state index contributed by atoms with van der Waals surface area (Å²) in [6, 6.07) is 7.29. The smallest absolute Gasteiger partial charge is 0.259 e. The molecule has 0 unspecified atom stereocenters. The molecule has 0 aliphatic rings. The first-order chi connectivity index (χ1) is 14.3. The molecule has 4 aromatic rings.